The van der Waals surface area contributed by atoms with Gasteiger partial charge in [0.15, 0.2) is 0 Å². The molecule has 1 rings (SSSR count). The predicted octanol–water partition coefficient (Wildman–Crippen LogP) is 6.38. The molecular formula is C22H43NO. The topological polar surface area (TPSA) is 20.3 Å². The highest BCUT2D eigenvalue weighted by molar-refractivity contribution is 5.81. The highest BCUT2D eigenvalue weighted by Gasteiger charge is 2.44. The molecule has 0 aromatic carbocycles. The summed E-state index contributed by atoms with van der Waals surface area (Å²) in [6.45, 7) is 11.4. The molecule has 0 radical (unpaired) electrons. The van der Waals surface area contributed by atoms with Crippen LogP contribution in [-0.2, 0) is 4.79 Å². The van der Waals surface area contributed by atoms with E-state index in [2.05, 4.69) is 46.6 Å². The van der Waals surface area contributed by atoms with Crippen LogP contribution in [0.2, 0.25) is 0 Å². The maximum Gasteiger partial charge on any atom is 0.136 e. The summed E-state index contributed by atoms with van der Waals surface area (Å²) in [6.07, 6.45) is 14.7. The smallest absolute Gasteiger partial charge is 0.136 e. The molecule has 1 heterocycles. The summed E-state index contributed by atoms with van der Waals surface area (Å²) in [6, 6.07) is 0. The molecule has 0 spiro atoms. The van der Waals surface area contributed by atoms with Gasteiger partial charge in [0.2, 0.25) is 0 Å². The van der Waals surface area contributed by atoms with Crippen LogP contribution in [-0.4, -0.2) is 28.8 Å². The number of rotatable bonds is 11. The summed E-state index contributed by atoms with van der Waals surface area (Å²) in [5.41, 5.74) is 0.251. The first-order valence-corrected chi connectivity index (χ1v) is 10.5. The van der Waals surface area contributed by atoms with E-state index in [0.29, 0.717) is 5.78 Å². The van der Waals surface area contributed by atoms with Crippen molar-refractivity contribution in [2.75, 3.05) is 7.05 Å². The number of unbranched alkanes of at least 4 members (excludes halogenated alkanes) is 8. The summed E-state index contributed by atoms with van der Waals surface area (Å²) in [5, 5.41) is 0. The molecule has 142 valence electrons. The average Bonchev–Trinajstić information content (AvgIpc) is 2.50. The first-order valence-electron chi connectivity index (χ1n) is 10.5. The van der Waals surface area contributed by atoms with Crippen LogP contribution in [0.3, 0.4) is 0 Å². The Balaban J connectivity index is 2.21. The summed E-state index contributed by atoms with van der Waals surface area (Å²) in [5.74, 6) is 0.785. The number of piperidine rings is 1. The Kier molecular flexibility index (Phi) is 8.98. The van der Waals surface area contributed by atoms with E-state index in [1.165, 1.54) is 51.4 Å². The minimum absolute atomic E-state index is 0.126. The second kappa shape index (κ2) is 9.94. The van der Waals surface area contributed by atoms with Crippen molar-refractivity contribution in [3.8, 4) is 0 Å². The van der Waals surface area contributed by atoms with Crippen molar-refractivity contribution >= 4 is 5.78 Å². The molecule has 0 bridgehead atoms. The van der Waals surface area contributed by atoms with E-state index in [1.54, 1.807) is 0 Å². The van der Waals surface area contributed by atoms with Crippen LogP contribution in [0.15, 0.2) is 0 Å². The standard InChI is InChI=1S/C22H43NO/c1-7-8-9-10-11-12-13-14-15-16-20(24)19-17-21(2,3)23(6)22(4,5)18-19/h19H,7-18H2,1-6H3. The zero-order valence-electron chi connectivity index (χ0n) is 17.4. The molecule has 1 aliphatic rings. The van der Waals surface area contributed by atoms with Crippen molar-refractivity contribution < 1.29 is 4.79 Å². The Bertz CT molecular complexity index is 354. The van der Waals surface area contributed by atoms with Gasteiger partial charge in [-0.1, -0.05) is 58.3 Å². The summed E-state index contributed by atoms with van der Waals surface area (Å²) < 4.78 is 0. The molecule has 0 N–H and O–H groups in total. The molecule has 0 atom stereocenters. The normalized spacial score (nSPS) is 21.1. The summed E-state index contributed by atoms with van der Waals surface area (Å²) in [7, 11) is 2.21. The molecule has 0 unspecified atom stereocenters. The second-order valence-corrected chi connectivity index (χ2v) is 9.33. The van der Waals surface area contributed by atoms with Crippen molar-refractivity contribution in [1.29, 1.82) is 0 Å². The molecule has 2 heteroatoms. The Morgan fingerprint density at radius 2 is 1.25 bits per heavy atom. The van der Waals surface area contributed by atoms with Gasteiger partial charge in [0.25, 0.3) is 0 Å². The Labute approximate surface area is 151 Å². The number of Topliss-reactive ketones (excluding diaryl/α,β-unsaturated/α-hetero) is 1. The Morgan fingerprint density at radius 1 is 0.833 bits per heavy atom. The maximum atomic E-state index is 12.7. The lowest BCUT2D eigenvalue weighted by atomic mass is 9.72. The fourth-order valence-electron chi connectivity index (χ4n) is 4.41. The van der Waals surface area contributed by atoms with Crippen molar-refractivity contribution in [2.24, 2.45) is 5.92 Å². The van der Waals surface area contributed by atoms with Gasteiger partial charge in [-0.05, 0) is 54.0 Å². The molecule has 24 heavy (non-hydrogen) atoms. The zero-order chi connectivity index (χ0) is 18.2. The van der Waals surface area contributed by atoms with Crippen LogP contribution >= 0.6 is 0 Å². The molecule has 2 nitrogen and oxygen atoms in total. The van der Waals surface area contributed by atoms with Crippen LogP contribution in [0.4, 0.5) is 0 Å². The maximum absolute atomic E-state index is 12.7. The third-order valence-corrected chi connectivity index (χ3v) is 6.29. The Hall–Kier alpha value is -0.370. The largest absolute Gasteiger partial charge is 0.299 e. The van der Waals surface area contributed by atoms with E-state index >= 15 is 0 Å². The lowest BCUT2D eigenvalue weighted by Crippen LogP contribution is -2.59. The number of ketones is 1. The Morgan fingerprint density at radius 3 is 1.71 bits per heavy atom. The van der Waals surface area contributed by atoms with Crippen LogP contribution in [0, 0.1) is 5.92 Å². The fraction of sp³-hybridized carbons (Fsp3) is 0.955. The van der Waals surface area contributed by atoms with Gasteiger partial charge in [0.1, 0.15) is 5.78 Å². The van der Waals surface area contributed by atoms with Gasteiger partial charge in [-0.2, -0.15) is 0 Å². The van der Waals surface area contributed by atoms with E-state index in [9.17, 15) is 4.79 Å². The number of nitrogens with zero attached hydrogens (tertiary/aromatic N) is 1. The van der Waals surface area contributed by atoms with Gasteiger partial charge in [-0.25, -0.2) is 0 Å². The third kappa shape index (κ3) is 6.86. The average molecular weight is 338 g/mol. The molecule has 0 aromatic rings. The monoisotopic (exact) mass is 337 g/mol. The van der Waals surface area contributed by atoms with E-state index < -0.39 is 0 Å². The molecule has 0 amide bonds. The third-order valence-electron chi connectivity index (χ3n) is 6.29. The van der Waals surface area contributed by atoms with E-state index in [1.807, 2.05) is 0 Å². The van der Waals surface area contributed by atoms with Gasteiger partial charge < -0.3 is 0 Å². The van der Waals surface area contributed by atoms with E-state index in [4.69, 9.17) is 0 Å². The van der Waals surface area contributed by atoms with Crippen LogP contribution < -0.4 is 0 Å². The van der Waals surface area contributed by atoms with Crippen molar-refractivity contribution in [3.05, 3.63) is 0 Å². The van der Waals surface area contributed by atoms with Gasteiger partial charge in [0.05, 0.1) is 0 Å². The van der Waals surface area contributed by atoms with Crippen molar-refractivity contribution in [1.82, 2.24) is 4.90 Å². The number of likely N-dealkylation sites (tertiary alicyclic amines) is 1. The molecule has 1 saturated heterocycles. The second-order valence-electron chi connectivity index (χ2n) is 9.33. The first kappa shape index (κ1) is 21.7. The molecular weight excluding hydrogens is 294 g/mol. The SMILES string of the molecule is CCCCCCCCCCCC(=O)C1CC(C)(C)N(C)C(C)(C)C1. The van der Waals surface area contributed by atoms with Crippen molar-refractivity contribution in [3.63, 3.8) is 0 Å². The lowest BCUT2D eigenvalue weighted by molar-refractivity contribution is -0.130. The van der Waals surface area contributed by atoms with Gasteiger partial charge in [-0.3, -0.25) is 9.69 Å². The lowest BCUT2D eigenvalue weighted by Gasteiger charge is -2.53. The van der Waals surface area contributed by atoms with Gasteiger partial charge in [0, 0.05) is 23.4 Å². The fourth-order valence-corrected chi connectivity index (χ4v) is 4.41. The molecule has 1 aliphatic heterocycles. The number of hydrogen-bond acceptors (Lipinski definition) is 2. The molecule has 0 aliphatic carbocycles. The first-order chi connectivity index (χ1) is 11.2. The molecule has 0 saturated carbocycles. The number of hydrogen-bond donors (Lipinski definition) is 0. The van der Waals surface area contributed by atoms with Crippen LogP contribution in [0.25, 0.3) is 0 Å². The highest BCUT2D eigenvalue weighted by Crippen LogP contribution is 2.40. The summed E-state index contributed by atoms with van der Waals surface area (Å²) >= 11 is 0. The van der Waals surface area contributed by atoms with E-state index in [-0.39, 0.29) is 17.0 Å². The molecule has 0 aromatic heterocycles. The summed E-state index contributed by atoms with van der Waals surface area (Å²) in [4.78, 5) is 15.1. The number of carbonyl (C=O) groups is 1. The predicted molar refractivity (Wildman–Crippen MR) is 105 cm³/mol. The van der Waals surface area contributed by atoms with Gasteiger partial charge >= 0.3 is 0 Å². The number of carbonyl (C=O) groups excluding carboxylic acids is 1. The van der Waals surface area contributed by atoms with Crippen LogP contribution in [0.1, 0.15) is 112 Å². The minimum Gasteiger partial charge on any atom is -0.299 e. The minimum atomic E-state index is 0.126. The van der Waals surface area contributed by atoms with E-state index in [0.717, 1.165) is 25.7 Å². The van der Waals surface area contributed by atoms with Crippen LogP contribution in [0.5, 0.6) is 0 Å². The highest BCUT2D eigenvalue weighted by atomic mass is 16.1. The molecule has 1 fully saturated rings. The zero-order valence-corrected chi connectivity index (χ0v) is 17.4. The van der Waals surface area contributed by atoms with Gasteiger partial charge in [-0.15, -0.1) is 0 Å². The van der Waals surface area contributed by atoms with Crippen molar-refractivity contribution in [2.45, 2.75) is 123 Å². The quantitative estimate of drug-likeness (QED) is 0.408.